The Morgan fingerprint density at radius 3 is 2.76 bits per heavy atom. The first kappa shape index (κ1) is 20.6. The van der Waals surface area contributed by atoms with Gasteiger partial charge in [-0.05, 0) is 50.4 Å². The van der Waals surface area contributed by atoms with Crippen LogP contribution in [0.25, 0.3) is 0 Å². The summed E-state index contributed by atoms with van der Waals surface area (Å²) in [6.07, 6.45) is 18.4. The summed E-state index contributed by atoms with van der Waals surface area (Å²) < 4.78 is 0. The molecular formula is C21H34O3S. The number of carboxylic acids is 1. The Kier molecular flexibility index (Phi) is 9.11. The number of aliphatic hydroxyl groups excluding tert-OH is 1. The number of aliphatic carboxylic acids is 1. The molecule has 5 atom stereocenters. The van der Waals surface area contributed by atoms with Gasteiger partial charge in [0.25, 0.3) is 0 Å². The number of aliphatic hydroxyl groups is 1. The lowest BCUT2D eigenvalue weighted by atomic mass is 9.75. The lowest BCUT2D eigenvalue weighted by Crippen LogP contribution is -2.44. The summed E-state index contributed by atoms with van der Waals surface area (Å²) in [6.45, 7) is 2.19. The van der Waals surface area contributed by atoms with Crippen LogP contribution >= 0.6 is 11.8 Å². The molecule has 0 aromatic heterocycles. The maximum absolute atomic E-state index is 10.5. The predicted octanol–water partition coefficient (Wildman–Crippen LogP) is 5.20. The highest BCUT2D eigenvalue weighted by atomic mass is 32.2. The minimum Gasteiger partial charge on any atom is -0.481 e. The van der Waals surface area contributed by atoms with Crippen LogP contribution in [0, 0.1) is 11.8 Å². The van der Waals surface area contributed by atoms with Gasteiger partial charge in [0.2, 0.25) is 0 Å². The molecule has 142 valence electrons. The smallest absolute Gasteiger partial charge is 0.303 e. The van der Waals surface area contributed by atoms with E-state index < -0.39 is 5.97 Å². The Morgan fingerprint density at radius 1 is 1.24 bits per heavy atom. The summed E-state index contributed by atoms with van der Waals surface area (Å²) in [7, 11) is 0. The summed E-state index contributed by atoms with van der Waals surface area (Å²) in [5, 5.41) is 20.4. The molecule has 3 fully saturated rings. The molecule has 0 aromatic rings. The van der Waals surface area contributed by atoms with Crippen molar-refractivity contribution in [3.63, 3.8) is 0 Å². The van der Waals surface area contributed by atoms with Crippen molar-refractivity contribution in [1.29, 1.82) is 0 Å². The van der Waals surface area contributed by atoms with E-state index in [1.807, 2.05) is 6.08 Å². The van der Waals surface area contributed by atoms with Crippen LogP contribution in [0.4, 0.5) is 0 Å². The van der Waals surface area contributed by atoms with Crippen molar-refractivity contribution in [2.45, 2.75) is 87.7 Å². The highest BCUT2D eigenvalue weighted by molar-refractivity contribution is 8.01. The van der Waals surface area contributed by atoms with E-state index in [0.29, 0.717) is 11.8 Å². The van der Waals surface area contributed by atoms with Gasteiger partial charge in [-0.15, -0.1) is 0 Å². The van der Waals surface area contributed by atoms with Crippen LogP contribution in [0.1, 0.15) is 71.1 Å². The second-order valence-electron chi connectivity index (χ2n) is 7.54. The molecule has 4 heteroatoms. The summed E-state index contributed by atoms with van der Waals surface area (Å²) in [5.41, 5.74) is 0. The SMILES string of the molecule is CCCCC[C@H](O)/C=C/C1C[C@H]2C[C@H](S2)[C@H]1C/C=C/CCCC(=O)O. The molecule has 1 aliphatic carbocycles. The van der Waals surface area contributed by atoms with Crippen molar-refractivity contribution < 1.29 is 15.0 Å². The van der Waals surface area contributed by atoms with E-state index in [2.05, 4.69) is 36.9 Å². The fraction of sp³-hybridized carbons (Fsp3) is 0.762. The summed E-state index contributed by atoms with van der Waals surface area (Å²) in [6, 6.07) is 0. The van der Waals surface area contributed by atoms with Crippen molar-refractivity contribution >= 4 is 17.7 Å². The van der Waals surface area contributed by atoms with Crippen LogP contribution in [-0.2, 0) is 4.79 Å². The largest absolute Gasteiger partial charge is 0.481 e. The van der Waals surface area contributed by atoms with Crippen molar-refractivity contribution in [3.05, 3.63) is 24.3 Å². The number of carboxylic acid groups (broad SMARTS) is 1. The van der Waals surface area contributed by atoms with Gasteiger partial charge < -0.3 is 10.2 Å². The second-order valence-corrected chi connectivity index (χ2v) is 9.08. The molecule has 3 rings (SSSR count). The zero-order valence-electron chi connectivity index (χ0n) is 15.5. The van der Waals surface area contributed by atoms with Gasteiger partial charge in [0.05, 0.1) is 6.10 Å². The second kappa shape index (κ2) is 11.1. The topological polar surface area (TPSA) is 57.5 Å². The van der Waals surface area contributed by atoms with Crippen LogP contribution < -0.4 is 0 Å². The van der Waals surface area contributed by atoms with E-state index >= 15 is 0 Å². The number of hydrogen-bond acceptors (Lipinski definition) is 3. The highest BCUT2D eigenvalue weighted by Gasteiger charge is 2.44. The number of carbonyl (C=O) groups is 1. The third-order valence-electron chi connectivity index (χ3n) is 5.45. The maximum Gasteiger partial charge on any atom is 0.303 e. The molecule has 0 spiro atoms. The summed E-state index contributed by atoms with van der Waals surface area (Å²) in [4.78, 5) is 10.5. The van der Waals surface area contributed by atoms with Crippen molar-refractivity contribution in [1.82, 2.24) is 0 Å². The quantitative estimate of drug-likeness (QED) is 0.368. The molecule has 25 heavy (non-hydrogen) atoms. The Balaban J connectivity index is 1.76. The first-order valence-corrected chi connectivity index (χ1v) is 10.9. The molecule has 2 saturated heterocycles. The number of rotatable bonds is 12. The number of unbranched alkanes of at least 4 members (excludes halogenated alkanes) is 3. The molecule has 2 N–H and O–H groups in total. The standard InChI is InChI=1S/C21H34O3S/c1-2-3-6-9-17(22)13-12-16-14-18-15-20(25-18)19(16)10-7-4-5-8-11-21(23)24/h4,7,12-13,16-20,22H,2-3,5-6,8-11,14-15H2,1H3,(H,23,24)/b7-4+,13-12+/t16?,17-,18-,19-,20-/m0/s1. The van der Waals surface area contributed by atoms with Gasteiger partial charge in [-0.2, -0.15) is 11.8 Å². The first-order chi connectivity index (χ1) is 12.1. The van der Waals surface area contributed by atoms with E-state index in [1.54, 1.807) is 0 Å². The van der Waals surface area contributed by atoms with E-state index in [9.17, 15) is 9.90 Å². The van der Waals surface area contributed by atoms with Crippen molar-refractivity contribution in [3.8, 4) is 0 Å². The van der Waals surface area contributed by atoms with Gasteiger partial charge in [0, 0.05) is 16.9 Å². The number of allylic oxidation sites excluding steroid dienone is 3. The lowest BCUT2D eigenvalue weighted by molar-refractivity contribution is -0.137. The third kappa shape index (κ3) is 7.18. The van der Waals surface area contributed by atoms with E-state index in [-0.39, 0.29) is 12.5 Å². The summed E-state index contributed by atoms with van der Waals surface area (Å²) >= 11 is 2.14. The average Bonchev–Trinajstić information content (AvgIpc) is 2.55. The monoisotopic (exact) mass is 366 g/mol. The normalized spacial score (nSPS) is 29.8. The Hall–Kier alpha value is -0.740. The van der Waals surface area contributed by atoms with Gasteiger partial charge in [0.1, 0.15) is 0 Å². The molecule has 2 aliphatic heterocycles. The van der Waals surface area contributed by atoms with Crippen LogP contribution in [0.2, 0.25) is 0 Å². The fourth-order valence-electron chi connectivity index (χ4n) is 3.94. The maximum atomic E-state index is 10.5. The van der Waals surface area contributed by atoms with Gasteiger partial charge in [-0.25, -0.2) is 0 Å². The number of thioether (sulfide) groups is 1. The molecule has 2 bridgehead atoms. The molecule has 3 nitrogen and oxygen atoms in total. The fourth-order valence-corrected chi connectivity index (χ4v) is 5.58. The van der Waals surface area contributed by atoms with Gasteiger partial charge >= 0.3 is 5.97 Å². The number of fused-ring (bicyclic) bond motifs is 2. The molecule has 2 heterocycles. The summed E-state index contributed by atoms with van der Waals surface area (Å²) in [5.74, 6) is 0.555. The average molecular weight is 367 g/mol. The zero-order chi connectivity index (χ0) is 18.1. The molecule has 3 aliphatic rings. The lowest BCUT2D eigenvalue weighted by Gasteiger charge is -2.49. The first-order valence-electron chi connectivity index (χ1n) is 9.98. The van der Waals surface area contributed by atoms with E-state index in [4.69, 9.17) is 5.11 Å². The predicted molar refractivity (Wildman–Crippen MR) is 106 cm³/mol. The minimum atomic E-state index is -0.708. The van der Waals surface area contributed by atoms with Crippen LogP contribution in [0.5, 0.6) is 0 Å². The van der Waals surface area contributed by atoms with Crippen LogP contribution in [-0.4, -0.2) is 32.8 Å². The van der Waals surface area contributed by atoms with Crippen molar-refractivity contribution in [2.75, 3.05) is 0 Å². The zero-order valence-corrected chi connectivity index (χ0v) is 16.3. The van der Waals surface area contributed by atoms with Crippen molar-refractivity contribution in [2.24, 2.45) is 11.8 Å². The van der Waals surface area contributed by atoms with E-state index in [0.717, 1.165) is 42.6 Å². The molecule has 0 amide bonds. The minimum absolute atomic E-state index is 0.259. The van der Waals surface area contributed by atoms with Gasteiger partial charge in [0.15, 0.2) is 0 Å². The number of hydrogen-bond donors (Lipinski definition) is 2. The Bertz CT molecular complexity index is 454. The van der Waals surface area contributed by atoms with E-state index in [1.165, 1.54) is 25.7 Å². The molecular weight excluding hydrogens is 332 g/mol. The molecule has 0 radical (unpaired) electrons. The molecule has 1 unspecified atom stereocenters. The van der Waals surface area contributed by atoms with Crippen LogP contribution in [0.3, 0.4) is 0 Å². The highest BCUT2D eigenvalue weighted by Crippen LogP contribution is 2.54. The van der Waals surface area contributed by atoms with Crippen LogP contribution in [0.15, 0.2) is 24.3 Å². The van der Waals surface area contributed by atoms with Gasteiger partial charge in [-0.1, -0.05) is 50.5 Å². The Labute approximate surface area is 157 Å². The third-order valence-corrected chi connectivity index (χ3v) is 7.11. The van der Waals surface area contributed by atoms with Gasteiger partial charge in [-0.3, -0.25) is 4.79 Å². The Morgan fingerprint density at radius 2 is 2.04 bits per heavy atom. The molecule has 0 aromatic carbocycles. The molecule has 1 saturated carbocycles.